The summed E-state index contributed by atoms with van der Waals surface area (Å²) in [4.78, 5) is 25.9. The average molecular weight is 308 g/mol. The van der Waals surface area contributed by atoms with Gasteiger partial charge in [0.05, 0.1) is 0 Å². The van der Waals surface area contributed by atoms with Crippen molar-refractivity contribution in [3.63, 3.8) is 0 Å². The summed E-state index contributed by atoms with van der Waals surface area (Å²) in [6, 6.07) is 5.67. The second-order valence-corrected chi connectivity index (χ2v) is 5.70. The van der Waals surface area contributed by atoms with E-state index >= 15 is 0 Å². The molecule has 1 aromatic rings. The summed E-state index contributed by atoms with van der Waals surface area (Å²) < 4.78 is 13.8. The minimum Gasteiger partial charge on any atom is -0.352 e. The number of amides is 2. The van der Waals surface area contributed by atoms with Gasteiger partial charge in [0, 0.05) is 24.6 Å². The van der Waals surface area contributed by atoms with Crippen LogP contribution < -0.4 is 5.32 Å². The molecule has 2 amide bonds. The second kappa shape index (κ2) is 8.51. The number of hydrogen-bond donors (Lipinski definition) is 1. The zero-order valence-corrected chi connectivity index (χ0v) is 13.7. The fourth-order valence-corrected chi connectivity index (χ4v) is 2.16. The van der Waals surface area contributed by atoms with Crippen LogP contribution in [0, 0.1) is 5.82 Å². The van der Waals surface area contributed by atoms with Gasteiger partial charge in [0.15, 0.2) is 0 Å². The van der Waals surface area contributed by atoms with Gasteiger partial charge in [-0.15, -0.1) is 0 Å². The van der Waals surface area contributed by atoms with Gasteiger partial charge in [0.2, 0.25) is 11.8 Å². The molecule has 0 aliphatic carbocycles. The standard InChI is InChI=1S/C17H25FN2O2/c1-5-8-16(21)20(13(4)17(22)19-12(2)3)11-14-9-6-7-10-15(14)18/h6-7,9-10,12-13H,5,8,11H2,1-4H3,(H,19,22)/t13-/m0/s1. The summed E-state index contributed by atoms with van der Waals surface area (Å²) in [5.41, 5.74) is 0.413. The van der Waals surface area contributed by atoms with Crippen LogP contribution in [-0.4, -0.2) is 28.8 Å². The number of nitrogens with one attached hydrogen (secondary N) is 1. The molecule has 0 radical (unpaired) electrons. The molecule has 22 heavy (non-hydrogen) atoms. The zero-order chi connectivity index (χ0) is 16.7. The van der Waals surface area contributed by atoms with Crippen molar-refractivity contribution < 1.29 is 14.0 Å². The number of carbonyl (C=O) groups excluding carboxylic acids is 2. The maximum absolute atomic E-state index is 13.8. The third kappa shape index (κ3) is 5.13. The van der Waals surface area contributed by atoms with E-state index in [2.05, 4.69) is 5.32 Å². The molecule has 0 heterocycles. The lowest BCUT2D eigenvalue weighted by Gasteiger charge is -2.29. The van der Waals surface area contributed by atoms with E-state index in [0.29, 0.717) is 18.4 Å². The van der Waals surface area contributed by atoms with Crippen LogP contribution in [0.3, 0.4) is 0 Å². The largest absolute Gasteiger partial charge is 0.352 e. The van der Waals surface area contributed by atoms with E-state index in [1.807, 2.05) is 20.8 Å². The van der Waals surface area contributed by atoms with Crippen LogP contribution in [0.2, 0.25) is 0 Å². The Hall–Kier alpha value is -1.91. The molecule has 0 aliphatic heterocycles. The smallest absolute Gasteiger partial charge is 0.242 e. The highest BCUT2D eigenvalue weighted by atomic mass is 19.1. The molecule has 0 aromatic heterocycles. The van der Waals surface area contributed by atoms with Crippen LogP contribution in [0.4, 0.5) is 4.39 Å². The maximum atomic E-state index is 13.8. The molecular weight excluding hydrogens is 283 g/mol. The minimum absolute atomic E-state index is 0.00783. The Balaban J connectivity index is 2.95. The van der Waals surface area contributed by atoms with E-state index in [1.165, 1.54) is 11.0 Å². The molecule has 0 saturated carbocycles. The fourth-order valence-electron chi connectivity index (χ4n) is 2.16. The third-order valence-electron chi connectivity index (χ3n) is 3.36. The lowest BCUT2D eigenvalue weighted by atomic mass is 10.1. The van der Waals surface area contributed by atoms with Crippen LogP contribution in [0.1, 0.15) is 46.1 Å². The van der Waals surface area contributed by atoms with Crippen molar-refractivity contribution >= 4 is 11.8 Å². The van der Waals surface area contributed by atoms with Gasteiger partial charge in [-0.05, 0) is 33.3 Å². The first-order chi connectivity index (χ1) is 10.4. The summed E-state index contributed by atoms with van der Waals surface area (Å²) in [7, 11) is 0. The van der Waals surface area contributed by atoms with Crippen LogP contribution in [0.25, 0.3) is 0 Å². The molecule has 1 atom stereocenters. The normalized spacial score (nSPS) is 12.1. The quantitative estimate of drug-likeness (QED) is 0.842. The first kappa shape index (κ1) is 18.1. The van der Waals surface area contributed by atoms with Gasteiger partial charge in [-0.1, -0.05) is 25.1 Å². The summed E-state index contributed by atoms with van der Waals surface area (Å²) >= 11 is 0. The van der Waals surface area contributed by atoms with Crippen molar-refractivity contribution in [2.45, 2.75) is 59.2 Å². The summed E-state index contributed by atoms with van der Waals surface area (Å²) in [6.07, 6.45) is 1.03. The number of nitrogens with zero attached hydrogens (tertiary/aromatic N) is 1. The lowest BCUT2D eigenvalue weighted by molar-refractivity contribution is -0.140. The second-order valence-electron chi connectivity index (χ2n) is 5.70. The first-order valence-corrected chi connectivity index (χ1v) is 7.70. The van der Waals surface area contributed by atoms with Crippen LogP contribution in [0.15, 0.2) is 24.3 Å². The van der Waals surface area contributed by atoms with Gasteiger partial charge in [0.25, 0.3) is 0 Å². The molecule has 1 aromatic carbocycles. The lowest BCUT2D eigenvalue weighted by Crippen LogP contribution is -2.49. The third-order valence-corrected chi connectivity index (χ3v) is 3.36. The van der Waals surface area contributed by atoms with Gasteiger partial charge in [-0.2, -0.15) is 0 Å². The van der Waals surface area contributed by atoms with E-state index in [4.69, 9.17) is 0 Å². The topological polar surface area (TPSA) is 49.4 Å². The molecular formula is C17H25FN2O2. The van der Waals surface area contributed by atoms with E-state index in [0.717, 1.165) is 0 Å². The Bertz CT molecular complexity index is 517. The first-order valence-electron chi connectivity index (χ1n) is 7.70. The molecule has 0 unspecified atom stereocenters. The SMILES string of the molecule is CCCC(=O)N(Cc1ccccc1F)[C@@H](C)C(=O)NC(C)C. The number of hydrogen-bond acceptors (Lipinski definition) is 2. The van der Waals surface area contributed by atoms with Crippen molar-refractivity contribution in [1.82, 2.24) is 10.2 Å². The van der Waals surface area contributed by atoms with Crippen LogP contribution in [0.5, 0.6) is 0 Å². The predicted molar refractivity (Wildman–Crippen MR) is 84.6 cm³/mol. The maximum Gasteiger partial charge on any atom is 0.242 e. The van der Waals surface area contributed by atoms with E-state index in [9.17, 15) is 14.0 Å². The van der Waals surface area contributed by atoms with E-state index in [-0.39, 0.29) is 30.2 Å². The number of carbonyl (C=O) groups is 2. The van der Waals surface area contributed by atoms with E-state index in [1.54, 1.807) is 25.1 Å². The Kier molecular flexibility index (Phi) is 7.02. The van der Waals surface area contributed by atoms with Gasteiger partial charge in [-0.3, -0.25) is 9.59 Å². The summed E-state index contributed by atoms with van der Waals surface area (Å²) in [5, 5.41) is 2.79. The Labute approximate surface area is 131 Å². The Morgan fingerprint density at radius 3 is 2.41 bits per heavy atom. The predicted octanol–water partition coefficient (Wildman–Crippen LogP) is 2.87. The van der Waals surface area contributed by atoms with E-state index < -0.39 is 6.04 Å². The zero-order valence-electron chi connectivity index (χ0n) is 13.7. The minimum atomic E-state index is -0.638. The highest BCUT2D eigenvalue weighted by molar-refractivity contribution is 5.87. The van der Waals surface area contributed by atoms with Crippen molar-refractivity contribution in [2.75, 3.05) is 0 Å². The monoisotopic (exact) mass is 308 g/mol. The molecule has 122 valence electrons. The number of rotatable bonds is 7. The van der Waals surface area contributed by atoms with Crippen molar-refractivity contribution in [3.8, 4) is 0 Å². The highest BCUT2D eigenvalue weighted by Gasteiger charge is 2.26. The molecule has 0 spiro atoms. The molecule has 0 bridgehead atoms. The molecule has 5 heteroatoms. The Morgan fingerprint density at radius 1 is 1.23 bits per heavy atom. The molecule has 0 aliphatic rings. The van der Waals surface area contributed by atoms with Gasteiger partial charge in [0.1, 0.15) is 11.9 Å². The average Bonchev–Trinajstić information content (AvgIpc) is 2.45. The fraction of sp³-hybridized carbons (Fsp3) is 0.529. The van der Waals surface area contributed by atoms with Crippen molar-refractivity contribution in [1.29, 1.82) is 0 Å². The highest BCUT2D eigenvalue weighted by Crippen LogP contribution is 2.14. The van der Waals surface area contributed by atoms with Gasteiger partial charge < -0.3 is 10.2 Å². The Morgan fingerprint density at radius 2 is 1.86 bits per heavy atom. The number of halogens is 1. The van der Waals surface area contributed by atoms with Crippen LogP contribution in [-0.2, 0) is 16.1 Å². The van der Waals surface area contributed by atoms with Crippen molar-refractivity contribution in [2.24, 2.45) is 0 Å². The van der Waals surface area contributed by atoms with Gasteiger partial charge in [-0.25, -0.2) is 4.39 Å². The van der Waals surface area contributed by atoms with Gasteiger partial charge >= 0.3 is 0 Å². The molecule has 4 nitrogen and oxygen atoms in total. The molecule has 0 fully saturated rings. The van der Waals surface area contributed by atoms with Crippen molar-refractivity contribution in [3.05, 3.63) is 35.6 Å². The summed E-state index contributed by atoms with van der Waals surface area (Å²) in [6.45, 7) is 7.39. The molecule has 0 saturated heterocycles. The number of benzene rings is 1. The summed E-state index contributed by atoms with van der Waals surface area (Å²) in [5.74, 6) is -0.735. The molecule has 1 N–H and O–H groups in total. The molecule has 1 rings (SSSR count). The van der Waals surface area contributed by atoms with Crippen LogP contribution >= 0.6 is 0 Å².